The van der Waals surface area contributed by atoms with E-state index >= 15 is 0 Å². The van der Waals surface area contributed by atoms with Gasteiger partial charge in [0, 0.05) is 0 Å². The van der Waals surface area contributed by atoms with Crippen molar-refractivity contribution < 1.29 is 18.0 Å². The topological polar surface area (TPSA) is 54.6 Å². The second kappa shape index (κ2) is 6.74. The summed E-state index contributed by atoms with van der Waals surface area (Å²) in [6.07, 6.45) is 8.31. The van der Waals surface area contributed by atoms with Gasteiger partial charge in [0.2, 0.25) is 5.91 Å². The van der Waals surface area contributed by atoms with Crippen molar-refractivity contribution in [1.29, 1.82) is 0 Å². The zero-order valence-electron chi connectivity index (χ0n) is 13.9. The molecular formula is C18H22F2N2O2S. The van der Waals surface area contributed by atoms with Crippen molar-refractivity contribution in [1.82, 2.24) is 5.43 Å². The molecular weight excluding hydrogens is 346 g/mol. The monoisotopic (exact) mass is 368 g/mol. The molecule has 4 aliphatic rings. The Kier molecular flexibility index (Phi) is 4.60. The molecule has 4 fully saturated rings. The molecule has 1 aromatic heterocycles. The van der Waals surface area contributed by atoms with Crippen LogP contribution in [0, 0.1) is 23.2 Å². The van der Waals surface area contributed by atoms with Crippen LogP contribution in [0.3, 0.4) is 0 Å². The summed E-state index contributed by atoms with van der Waals surface area (Å²) in [5, 5.41) is 4.03. The first kappa shape index (κ1) is 17.1. The number of halogens is 2. The van der Waals surface area contributed by atoms with Gasteiger partial charge in [0.25, 0.3) is 5.76 Å². The van der Waals surface area contributed by atoms with Crippen LogP contribution in [0.25, 0.3) is 0 Å². The van der Waals surface area contributed by atoms with Gasteiger partial charge >= 0.3 is 0 Å². The average Bonchev–Trinajstić information content (AvgIpc) is 2.99. The molecule has 25 heavy (non-hydrogen) atoms. The number of amides is 1. The zero-order chi connectivity index (χ0) is 17.4. The van der Waals surface area contributed by atoms with Crippen LogP contribution in [0.4, 0.5) is 8.78 Å². The van der Waals surface area contributed by atoms with E-state index in [4.69, 9.17) is 4.42 Å². The highest BCUT2D eigenvalue weighted by Gasteiger charge is 2.54. The van der Waals surface area contributed by atoms with E-state index in [1.165, 1.54) is 25.5 Å². The molecule has 4 bridgehead atoms. The van der Waals surface area contributed by atoms with Gasteiger partial charge in [0.05, 0.1) is 17.4 Å². The third-order valence-electron chi connectivity index (χ3n) is 5.91. The standard InChI is InChI=1S/C18H22F2N2O2S/c19-17(20)25-10-15-2-1-14(24-15)9-21-22-16(23)18-6-11-3-12(7-18)5-13(4-11)8-18/h1-2,9,11-13,17H,3-8,10H2,(H,22,23)/b21-9-. The molecule has 0 aliphatic heterocycles. The number of nitrogens with one attached hydrogen (secondary N) is 1. The first-order chi connectivity index (χ1) is 12.0. The Morgan fingerprint density at radius 1 is 1.28 bits per heavy atom. The second-order valence-electron chi connectivity index (χ2n) is 7.77. The van der Waals surface area contributed by atoms with Gasteiger partial charge < -0.3 is 4.42 Å². The zero-order valence-corrected chi connectivity index (χ0v) is 14.7. The normalized spacial score (nSPS) is 33.5. The van der Waals surface area contributed by atoms with Crippen LogP contribution in [0.15, 0.2) is 21.7 Å². The van der Waals surface area contributed by atoms with E-state index in [1.807, 2.05) is 0 Å². The molecule has 1 heterocycles. The Bertz CT molecular complexity index is 639. The van der Waals surface area contributed by atoms with Crippen LogP contribution in [0.1, 0.15) is 50.0 Å². The van der Waals surface area contributed by atoms with Gasteiger partial charge in [0.1, 0.15) is 11.5 Å². The van der Waals surface area contributed by atoms with Crippen molar-refractivity contribution in [2.45, 2.75) is 50.0 Å². The van der Waals surface area contributed by atoms with E-state index in [2.05, 4.69) is 10.5 Å². The number of thioether (sulfide) groups is 1. The molecule has 7 heteroatoms. The third kappa shape index (κ3) is 3.61. The summed E-state index contributed by atoms with van der Waals surface area (Å²) in [5.41, 5.74) is 2.47. The van der Waals surface area contributed by atoms with Crippen LogP contribution in [-0.2, 0) is 10.5 Å². The Labute approximate surface area is 149 Å². The number of rotatable bonds is 6. The van der Waals surface area contributed by atoms with Gasteiger partial charge in [-0.25, -0.2) is 5.43 Å². The number of hydrazone groups is 1. The van der Waals surface area contributed by atoms with E-state index < -0.39 is 5.76 Å². The fraction of sp³-hybridized carbons (Fsp3) is 0.667. The molecule has 0 saturated heterocycles. The largest absolute Gasteiger partial charge is 0.459 e. The summed E-state index contributed by atoms with van der Waals surface area (Å²) in [6.45, 7) is 0. The lowest BCUT2D eigenvalue weighted by atomic mass is 9.49. The third-order valence-corrected chi connectivity index (χ3v) is 6.61. The smallest absolute Gasteiger partial charge is 0.284 e. The van der Waals surface area contributed by atoms with E-state index in [0.29, 0.717) is 41.0 Å². The Balaban J connectivity index is 1.34. The Morgan fingerprint density at radius 2 is 1.92 bits per heavy atom. The minimum atomic E-state index is -2.42. The molecule has 1 aromatic rings. The summed E-state index contributed by atoms with van der Waals surface area (Å²) in [4.78, 5) is 12.7. The fourth-order valence-electron chi connectivity index (χ4n) is 5.35. The molecule has 4 nitrogen and oxygen atoms in total. The number of alkyl halides is 2. The van der Waals surface area contributed by atoms with Crippen LogP contribution in [0.2, 0.25) is 0 Å². The van der Waals surface area contributed by atoms with E-state index in [1.54, 1.807) is 12.1 Å². The Morgan fingerprint density at radius 3 is 2.52 bits per heavy atom. The van der Waals surface area contributed by atoms with Crippen LogP contribution < -0.4 is 5.43 Å². The van der Waals surface area contributed by atoms with Gasteiger partial charge in [-0.2, -0.15) is 13.9 Å². The van der Waals surface area contributed by atoms with Gasteiger partial charge in [-0.1, -0.05) is 11.8 Å². The first-order valence-corrected chi connectivity index (χ1v) is 9.89. The van der Waals surface area contributed by atoms with Crippen molar-refractivity contribution in [3.05, 3.63) is 23.7 Å². The number of nitrogens with zero attached hydrogens (tertiary/aromatic N) is 1. The summed E-state index contributed by atoms with van der Waals surface area (Å²) in [5.74, 6) is 0.785. The molecule has 0 atom stereocenters. The second-order valence-corrected chi connectivity index (χ2v) is 8.75. The maximum absolute atomic E-state index is 12.7. The van der Waals surface area contributed by atoms with E-state index in [9.17, 15) is 13.6 Å². The van der Waals surface area contributed by atoms with Crippen LogP contribution >= 0.6 is 11.8 Å². The maximum atomic E-state index is 12.7. The summed E-state index contributed by atoms with van der Waals surface area (Å²) >= 11 is 0.517. The van der Waals surface area contributed by atoms with Crippen molar-refractivity contribution in [3.8, 4) is 0 Å². The number of furan rings is 1. The molecule has 4 saturated carbocycles. The maximum Gasteiger partial charge on any atom is 0.284 e. The van der Waals surface area contributed by atoms with Crippen molar-refractivity contribution >= 4 is 23.9 Å². The van der Waals surface area contributed by atoms with E-state index in [-0.39, 0.29) is 17.1 Å². The van der Waals surface area contributed by atoms with E-state index in [0.717, 1.165) is 19.3 Å². The number of hydrogen-bond donors (Lipinski definition) is 1. The van der Waals surface area contributed by atoms with Crippen molar-refractivity contribution in [3.63, 3.8) is 0 Å². The predicted octanol–water partition coefficient (Wildman–Crippen LogP) is 4.40. The number of carbonyl (C=O) groups excluding carboxylic acids is 1. The minimum absolute atomic E-state index is 0.0304. The van der Waals surface area contributed by atoms with Gasteiger partial charge in [-0.3, -0.25) is 4.79 Å². The summed E-state index contributed by atoms with van der Waals surface area (Å²) in [6, 6.07) is 3.32. The summed E-state index contributed by atoms with van der Waals surface area (Å²) in [7, 11) is 0. The number of hydrogen-bond acceptors (Lipinski definition) is 4. The van der Waals surface area contributed by atoms with Crippen molar-refractivity contribution in [2.24, 2.45) is 28.3 Å². The SMILES string of the molecule is O=C(N/N=C\c1ccc(CSC(F)F)o1)C12CC3CC(CC(C3)C1)C2. The number of carbonyl (C=O) groups is 1. The lowest BCUT2D eigenvalue weighted by molar-refractivity contribution is -0.146. The summed E-state index contributed by atoms with van der Waals surface area (Å²) < 4.78 is 29.8. The highest BCUT2D eigenvalue weighted by molar-refractivity contribution is 7.98. The molecule has 5 rings (SSSR count). The minimum Gasteiger partial charge on any atom is -0.459 e. The van der Waals surface area contributed by atoms with Crippen LogP contribution in [0.5, 0.6) is 0 Å². The van der Waals surface area contributed by atoms with Crippen molar-refractivity contribution in [2.75, 3.05) is 0 Å². The lowest BCUT2D eigenvalue weighted by Crippen LogP contribution is -2.52. The van der Waals surface area contributed by atoms with Gasteiger partial charge in [-0.05, 0) is 68.4 Å². The molecule has 1 N–H and O–H groups in total. The average molecular weight is 368 g/mol. The molecule has 0 spiro atoms. The van der Waals surface area contributed by atoms with Crippen LogP contribution in [-0.4, -0.2) is 17.9 Å². The fourth-order valence-corrected chi connectivity index (χ4v) is 5.79. The molecule has 4 aliphatic carbocycles. The molecule has 0 radical (unpaired) electrons. The van der Waals surface area contributed by atoms with Gasteiger partial charge in [-0.15, -0.1) is 0 Å². The predicted molar refractivity (Wildman–Crippen MR) is 92.3 cm³/mol. The molecule has 136 valence electrons. The molecule has 0 aromatic carbocycles. The Hall–Kier alpha value is -1.37. The van der Waals surface area contributed by atoms with Gasteiger partial charge in [0.15, 0.2) is 0 Å². The first-order valence-electron chi connectivity index (χ1n) is 8.84. The quantitative estimate of drug-likeness (QED) is 0.598. The lowest BCUT2D eigenvalue weighted by Gasteiger charge is -2.55. The molecule has 0 unspecified atom stereocenters. The highest BCUT2D eigenvalue weighted by Crippen LogP contribution is 2.60. The molecule has 1 amide bonds. The highest BCUT2D eigenvalue weighted by atomic mass is 32.2.